The maximum atomic E-state index is 11.5. The third-order valence-corrected chi connectivity index (χ3v) is 3.09. The van der Waals surface area contributed by atoms with Gasteiger partial charge in [0.05, 0.1) is 5.69 Å². The van der Waals surface area contributed by atoms with Gasteiger partial charge in [-0.25, -0.2) is 0 Å². The summed E-state index contributed by atoms with van der Waals surface area (Å²) in [6, 6.07) is 8.00. The SMILES string of the molecule is CCCNC(=O)CCNc1nnc(C)c2ccccc12. The molecule has 0 spiro atoms. The highest BCUT2D eigenvalue weighted by atomic mass is 16.1. The van der Waals surface area contributed by atoms with Crippen LogP contribution in [0.5, 0.6) is 0 Å². The average Bonchev–Trinajstić information content (AvgIpc) is 2.48. The quantitative estimate of drug-likeness (QED) is 0.846. The summed E-state index contributed by atoms with van der Waals surface area (Å²) in [4.78, 5) is 11.5. The standard InChI is InChI=1S/C15H20N4O/c1-3-9-16-14(20)8-10-17-15-13-7-5-4-6-12(13)11(2)18-19-15/h4-7H,3,8-10H2,1-2H3,(H,16,20)(H,17,19). The van der Waals surface area contributed by atoms with Crippen LogP contribution in [0.2, 0.25) is 0 Å². The van der Waals surface area contributed by atoms with Crippen molar-refractivity contribution in [3.8, 4) is 0 Å². The van der Waals surface area contributed by atoms with Gasteiger partial charge in [0.2, 0.25) is 5.91 Å². The first-order valence-corrected chi connectivity index (χ1v) is 6.95. The van der Waals surface area contributed by atoms with Crippen LogP contribution in [0.25, 0.3) is 10.8 Å². The molecule has 1 heterocycles. The van der Waals surface area contributed by atoms with Crippen molar-refractivity contribution in [2.45, 2.75) is 26.7 Å². The van der Waals surface area contributed by atoms with E-state index >= 15 is 0 Å². The lowest BCUT2D eigenvalue weighted by molar-refractivity contribution is -0.120. The molecular weight excluding hydrogens is 252 g/mol. The summed E-state index contributed by atoms with van der Waals surface area (Å²) in [7, 11) is 0. The van der Waals surface area contributed by atoms with Crippen molar-refractivity contribution in [2.75, 3.05) is 18.4 Å². The van der Waals surface area contributed by atoms with Gasteiger partial charge >= 0.3 is 0 Å². The molecule has 106 valence electrons. The molecule has 0 radical (unpaired) electrons. The Hall–Kier alpha value is -2.17. The first-order chi connectivity index (χ1) is 9.72. The number of fused-ring (bicyclic) bond motifs is 1. The minimum atomic E-state index is 0.0590. The molecule has 1 amide bonds. The van der Waals surface area contributed by atoms with E-state index < -0.39 is 0 Å². The number of nitrogens with zero attached hydrogens (tertiary/aromatic N) is 2. The molecule has 0 unspecified atom stereocenters. The minimum Gasteiger partial charge on any atom is -0.368 e. The van der Waals surface area contributed by atoms with E-state index in [1.165, 1.54) is 0 Å². The molecule has 1 aromatic carbocycles. The van der Waals surface area contributed by atoms with E-state index in [2.05, 4.69) is 20.8 Å². The van der Waals surface area contributed by atoms with Gasteiger partial charge in [-0.05, 0) is 13.3 Å². The average molecular weight is 272 g/mol. The van der Waals surface area contributed by atoms with Gasteiger partial charge < -0.3 is 10.6 Å². The summed E-state index contributed by atoms with van der Waals surface area (Å²) in [6.07, 6.45) is 1.39. The van der Waals surface area contributed by atoms with Crippen molar-refractivity contribution in [1.29, 1.82) is 0 Å². The van der Waals surface area contributed by atoms with Crippen molar-refractivity contribution >= 4 is 22.5 Å². The van der Waals surface area contributed by atoms with Crippen LogP contribution in [-0.4, -0.2) is 29.2 Å². The molecule has 2 rings (SSSR count). The first-order valence-electron chi connectivity index (χ1n) is 6.95. The second kappa shape index (κ2) is 6.84. The number of rotatable bonds is 6. The molecule has 0 bridgehead atoms. The molecule has 0 fully saturated rings. The van der Waals surface area contributed by atoms with Gasteiger partial charge in [0.1, 0.15) is 0 Å². The van der Waals surface area contributed by atoms with E-state index in [1.807, 2.05) is 38.1 Å². The molecule has 0 aliphatic heterocycles. The van der Waals surface area contributed by atoms with Gasteiger partial charge in [0.15, 0.2) is 5.82 Å². The number of aryl methyl sites for hydroxylation is 1. The summed E-state index contributed by atoms with van der Waals surface area (Å²) in [6.45, 7) is 5.26. The number of amides is 1. The predicted octanol–water partition coefficient (Wildman–Crippen LogP) is 2.27. The number of benzene rings is 1. The molecule has 0 aliphatic carbocycles. The fraction of sp³-hybridized carbons (Fsp3) is 0.400. The first kappa shape index (κ1) is 14.2. The molecule has 2 N–H and O–H groups in total. The number of carbonyl (C=O) groups is 1. The van der Waals surface area contributed by atoms with Crippen LogP contribution >= 0.6 is 0 Å². The molecule has 0 saturated carbocycles. The maximum absolute atomic E-state index is 11.5. The molecule has 20 heavy (non-hydrogen) atoms. The Morgan fingerprint density at radius 3 is 2.65 bits per heavy atom. The molecule has 0 aliphatic rings. The van der Waals surface area contributed by atoms with Crippen LogP contribution in [-0.2, 0) is 4.79 Å². The zero-order chi connectivity index (χ0) is 14.4. The number of carbonyl (C=O) groups excluding carboxylic acids is 1. The van der Waals surface area contributed by atoms with Crippen LogP contribution < -0.4 is 10.6 Å². The van der Waals surface area contributed by atoms with Gasteiger partial charge in [-0.15, -0.1) is 5.10 Å². The van der Waals surface area contributed by atoms with E-state index in [-0.39, 0.29) is 5.91 Å². The van der Waals surface area contributed by atoms with Gasteiger partial charge in [0, 0.05) is 30.3 Å². The Bertz CT molecular complexity index is 597. The van der Waals surface area contributed by atoms with Gasteiger partial charge in [-0.3, -0.25) is 4.79 Å². The van der Waals surface area contributed by atoms with Crippen molar-refractivity contribution < 1.29 is 4.79 Å². The molecule has 0 saturated heterocycles. The second-order valence-electron chi connectivity index (χ2n) is 4.71. The van der Waals surface area contributed by atoms with Crippen LogP contribution in [0.3, 0.4) is 0 Å². The lowest BCUT2D eigenvalue weighted by atomic mass is 10.1. The molecule has 0 atom stereocenters. The van der Waals surface area contributed by atoms with Gasteiger partial charge in [-0.1, -0.05) is 31.2 Å². The molecule has 5 nitrogen and oxygen atoms in total. The highest BCUT2D eigenvalue weighted by Gasteiger charge is 2.06. The molecule has 5 heteroatoms. The van der Waals surface area contributed by atoms with Crippen LogP contribution in [0.1, 0.15) is 25.5 Å². The van der Waals surface area contributed by atoms with Crippen molar-refractivity contribution in [1.82, 2.24) is 15.5 Å². The third-order valence-electron chi connectivity index (χ3n) is 3.09. The van der Waals surface area contributed by atoms with E-state index in [9.17, 15) is 4.79 Å². The van der Waals surface area contributed by atoms with Crippen LogP contribution in [0.15, 0.2) is 24.3 Å². The Morgan fingerprint density at radius 1 is 1.15 bits per heavy atom. The number of hydrogen-bond acceptors (Lipinski definition) is 4. The number of nitrogens with one attached hydrogen (secondary N) is 2. The third kappa shape index (κ3) is 3.44. The monoisotopic (exact) mass is 272 g/mol. The minimum absolute atomic E-state index is 0.0590. The zero-order valence-electron chi connectivity index (χ0n) is 11.9. The molecular formula is C15H20N4O. The van der Waals surface area contributed by atoms with Crippen molar-refractivity contribution in [3.05, 3.63) is 30.0 Å². The van der Waals surface area contributed by atoms with E-state index in [0.29, 0.717) is 13.0 Å². The Labute approximate surface area is 118 Å². The van der Waals surface area contributed by atoms with Crippen molar-refractivity contribution in [2.24, 2.45) is 0 Å². The lowest BCUT2D eigenvalue weighted by Gasteiger charge is -2.09. The smallest absolute Gasteiger partial charge is 0.221 e. The Balaban J connectivity index is 2.00. The lowest BCUT2D eigenvalue weighted by Crippen LogP contribution is -2.26. The normalized spacial score (nSPS) is 10.5. The predicted molar refractivity (Wildman–Crippen MR) is 80.7 cm³/mol. The maximum Gasteiger partial charge on any atom is 0.221 e. The van der Waals surface area contributed by atoms with E-state index in [1.54, 1.807) is 0 Å². The largest absolute Gasteiger partial charge is 0.368 e. The summed E-state index contributed by atoms with van der Waals surface area (Å²) < 4.78 is 0. The van der Waals surface area contributed by atoms with E-state index in [0.717, 1.165) is 35.2 Å². The molecule has 2 aromatic rings. The topological polar surface area (TPSA) is 66.9 Å². The van der Waals surface area contributed by atoms with Crippen molar-refractivity contribution in [3.63, 3.8) is 0 Å². The van der Waals surface area contributed by atoms with Crippen LogP contribution in [0, 0.1) is 6.92 Å². The van der Waals surface area contributed by atoms with Gasteiger partial charge in [0.25, 0.3) is 0 Å². The molecule has 1 aromatic heterocycles. The second-order valence-corrected chi connectivity index (χ2v) is 4.71. The summed E-state index contributed by atoms with van der Waals surface area (Å²) >= 11 is 0. The Morgan fingerprint density at radius 2 is 1.90 bits per heavy atom. The zero-order valence-corrected chi connectivity index (χ0v) is 11.9. The summed E-state index contributed by atoms with van der Waals surface area (Å²) in [5, 5.41) is 16.5. The fourth-order valence-electron chi connectivity index (χ4n) is 2.02. The fourth-order valence-corrected chi connectivity index (χ4v) is 2.02. The summed E-state index contributed by atoms with van der Waals surface area (Å²) in [5.41, 5.74) is 0.909. The summed E-state index contributed by atoms with van der Waals surface area (Å²) in [5.74, 6) is 0.790. The van der Waals surface area contributed by atoms with Crippen LogP contribution in [0.4, 0.5) is 5.82 Å². The number of aromatic nitrogens is 2. The number of hydrogen-bond donors (Lipinski definition) is 2. The van der Waals surface area contributed by atoms with E-state index in [4.69, 9.17) is 0 Å². The number of anilines is 1. The highest BCUT2D eigenvalue weighted by molar-refractivity contribution is 5.92. The Kier molecular flexibility index (Phi) is 4.87. The van der Waals surface area contributed by atoms with Gasteiger partial charge in [-0.2, -0.15) is 5.10 Å². The highest BCUT2D eigenvalue weighted by Crippen LogP contribution is 2.21.